The van der Waals surface area contributed by atoms with Crippen LogP contribution in [-0.2, 0) is 4.79 Å². The summed E-state index contributed by atoms with van der Waals surface area (Å²) < 4.78 is 0. The molecule has 0 saturated carbocycles. The number of pyridine rings is 1. The number of para-hydroxylation sites is 1. The predicted molar refractivity (Wildman–Crippen MR) is 124 cm³/mol. The Labute approximate surface area is 186 Å². The maximum absolute atomic E-state index is 13.1. The maximum atomic E-state index is 13.1. The predicted octanol–water partition coefficient (Wildman–Crippen LogP) is 3.56. The minimum atomic E-state index is -0.170. The van der Waals surface area contributed by atoms with E-state index in [0.29, 0.717) is 30.6 Å². The van der Waals surface area contributed by atoms with Crippen LogP contribution in [0, 0.1) is 5.92 Å². The normalized spacial score (nSPS) is 16.2. The van der Waals surface area contributed by atoms with Crippen molar-refractivity contribution in [2.24, 2.45) is 5.92 Å². The van der Waals surface area contributed by atoms with Crippen LogP contribution < -0.4 is 5.56 Å². The number of aliphatic hydroxyl groups is 1. The third-order valence-electron chi connectivity index (χ3n) is 5.79. The van der Waals surface area contributed by atoms with Gasteiger partial charge in [-0.2, -0.15) is 0 Å². The number of carbonyl (C=O) groups is 2. The Hall–Kier alpha value is -3.51. The number of benzene rings is 2. The average Bonchev–Trinajstić information content (AvgIpc) is 3.04. The molecule has 6 heteroatoms. The first-order chi connectivity index (χ1) is 15.5. The van der Waals surface area contributed by atoms with Gasteiger partial charge < -0.3 is 15.0 Å². The lowest BCUT2D eigenvalue weighted by Gasteiger charge is -2.24. The highest BCUT2D eigenvalue weighted by Crippen LogP contribution is 2.22. The minimum Gasteiger partial charge on any atom is -0.396 e. The lowest BCUT2D eigenvalue weighted by Crippen LogP contribution is -2.35. The number of rotatable bonds is 6. The number of amides is 1. The van der Waals surface area contributed by atoms with E-state index in [9.17, 15) is 14.4 Å². The lowest BCUT2D eigenvalue weighted by molar-refractivity contribution is -0.120. The summed E-state index contributed by atoms with van der Waals surface area (Å²) >= 11 is 0. The van der Waals surface area contributed by atoms with Crippen molar-refractivity contribution in [3.05, 3.63) is 82.7 Å². The molecule has 1 aliphatic rings. The van der Waals surface area contributed by atoms with Crippen molar-refractivity contribution in [1.29, 1.82) is 0 Å². The van der Waals surface area contributed by atoms with Gasteiger partial charge in [-0.15, -0.1) is 0 Å². The highest BCUT2D eigenvalue weighted by atomic mass is 16.3. The fraction of sp³-hybridized carbons (Fsp3) is 0.269. The molecular formula is C26H26N2O4. The van der Waals surface area contributed by atoms with Crippen molar-refractivity contribution in [1.82, 2.24) is 9.88 Å². The quantitative estimate of drug-likeness (QED) is 0.585. The van der Waals surface area contributed by atoms with E-state index in [1.165, 1.54) is 0 Å². The van der Waals surface area contributed by atoms with E-state index in [4.69, 9.17) is 5.11 Å². The molecule has 2 aromatic carbocycles. The zero-order valence-electron chi connectivity index (χ0n) is 17.8. The number of fused-ring (bicyclic) bond motifs is 1. The fourth-order valence-electron chi connectivity index (χ4n) is 4.13. The SMILES string of the molecule is O=C(CCO)CC1C=CCCN(C(=O)c2ccc(-c3cc4ccccc4[nH]c3=O)cc2)C1. The highest BCUT2D eigenvalue weighted by molar-refractivity contribution is 5.95. The summed E-state index contributed by atoms with van der Waals surface area (Å²) in [4.78, 5) is 42.2. The molecule has 4 rings (SSSR count). The molecule has 0 radical (unpaired) electrons. The summed E-state index contributed by atoms with van der Waals surface area (Å²) in [6.07, 6.45) is 5.22. The van der Waals surface area contributed by atoms with E-state index < -0.39 is 0 Å². The van der Waals surface area contributed by atoms with Gasteiger partial charge in [-0.3, -0.25) is 14.4 Å². The van der Waals surface area contributed by atoms with Crippen LogP contribution in [0.25, 0.3) is 22.0 Å². The van der Waals surface area contributed by atoms with E-state index in [1.807, 2.05) is 42.5 Å². The summed E-state index contributed by atoms with van der Waals surface area (Å²) in [6, 6.07) is 16.6. The van der Waals surface area contributed by atoms with Gasteiger partial charge in [-0.25, -0.2) is 0 Å². The molecule has 1 aromatic heterocycles. The molecule has 0 spiro atoms. The number of Topliss-reactive ketones (excluding diaryl/α,β-unsaturated/α-hetero) is 1. The van der Waals surface area contributed by atoms with E-state index >= 15 is 0 Å². The van der Waals surface area contributed by atoms with Crippen molar-refractivity contribution in [3.8, 4) is 11.1 Å². The van der Waals surface area contributed by atoms with Gasteiger partial charge >= 0.3 is 0 Å². The minimum absolute atomic E-state index is 0.00130. The molecule has 1 atom stereocenters. The number of aliphatic hydroxyl groups excluding tert-OH is 1. The van der Waals surface area contributed by atoms with Gasteiger partial charge in [0.05, 0.1) is 0 Å². The Morgan fingerprint density at radius 1 is 1.09 bits per heavy atom. The standard InChI is InChI=1S/C26H26N2O4/c29-14-12-22(30)15-18-5-3-4-13-28(17-18)26(32)20-10-8-19(9-11-20)23-16-21-6-1-2-7-24(21)27-25(23)31/h1-3,5-11,16,18,29H,4,12-15,17H2,(H,27,31). The van der Waals surface area contributed by atoms with Crippen LogP contribution in [0.4, 0.5) is 0 Å². The van der Waals surface area contributed by atoms with E-state index in [1.54, 1.807) is 29.2 Å². The molecule has 0 fully saturated rings. The smallest absolute Gasteiger partial charge is 0.256 e. The Balaban J connectivity index is 1.51. The summed E-state index contributed by atoms with van der Waals surface area (Å²) in [7, 11) is 0. The van der Waals surface area contributed by atoms with Gasteiger partial charge in [0.15, 0.2) is 0 Å². The van der Waals surface area contributed by atoms with Gasteiger partial charge in [0, 0.05) is 55.1 Å². The van der Waals surface area contributed by atoms with Gasteiger partial charge in [0.1, 0.15) is 5.78 Å². The van der Waals surface area contributed by atoms with Crippen LogP contribution in [-0.4, -0.2) is 46.4 Å². The van der Waals surface area contributed by atoms with Crippen LogP contribution in [0.2, 0.25) is 0 Å². The number of H-pyrrole nitrogens is 1. The zero-order valence-corrected chi connectivity index (χ0v) is 17.8. The van der Waals surface area contributed by atoms with Crippen LogP contribution in [0.5, 0.6) is 0 Å². The second-order valence-corrected chi connectivity index (χ2v) is 8.12. The van der Waals surface area contributed by atoms with Crippen molar-refractivity contribution in [2.45, 2.75) is 19.3 Å². The van der Waals surface area contributed by atoms with E-state index in [2.05, 4.69) is 4.98 Å². The monoisotopic (exact) mass is 430 g/mol. The first-order valence-electron chi connectivity index (χ1n) is 10.9. The van der Waals surface area contributed by atoms with E-state index in [0.717, 1.165) is 22.9 Å². The lowest BCUT2D eigenvalue weighted by atomic mass is 9.99. The van der Waals surface area contributed by atoms with Gasteiger partial charge in [-0.05, 0) is 41.6 Å². The maximum Gasteiger partial charge on any atom is 0.256 e. The zero-order chi connectivity index (χ0) is 22.5. The molecule has 2 heterocycles. The number of hydrogen-bond acceptors (Lipinski definition) is 4. The number of aromatic amines is 1. The Morgan fingerprint density at radius 2 is 1.88 bits per heavy atom. The molecule has 1 unspecified atom stereocenters. The number of nitrogens with zero attached hydrogens (tertiary/aromatic N) is 1. The summed E-state index contributed by atoms with van der Waals surface area (Å²) in [5.41, 5.74) is 2.47. The third kappa shape index (κ3) is 4.86. The van der Waals surface area contributed by atoms with Gasteiger partial charge in [0.25, 0.3) is 11.5 Å². The molecular weight excluding hydrogens is 404 g/mol. The van der Waals surface area contributed by atoms with Crippen LogP contribution >= 0.6 is 0 Å². The van der Waals surface area contributed by atoms with Crippen molar-refractivity contribution in [2.75, 3.05) is 19.7 Å². The number of hydrogen-bond donors (Lipinski definition) is 2. The Morgan fingerprint density at radius 3 is 2.66 bits per heavy atom. The molecule has 1 amide bonds. The average molecular weight is 431 g/mol. The fourth-order valence-corrected chi connectivity index (χ4v) is 4.13. The molecule has 0 bridgehead atoms. The Kier molecular flexibility index (Phi) is 6.61. The van der Waals surface area contributed by atoms with E-state index in [-0.39, 0.29) is 36.2 Å². The molecule has 2 N–H and O–H groups in total. The van der Waals surface area contributed by atoms with Crippen LogP contribution in [0.15, 0.2) is 71.5 Å². The first-order valence-corrected chi connectivity index (χ1v) is 10.9. The molecule has 3 aromatic rings. The molecule has 0 aliphatic carbocycles. The van der Waals surface area contributed by atoms with Gasteiger partial charge in [0.2, 0.25) is 0 Å². The number of carbonyl (C=O) groups excluding carboxylic acids is 2. The largest absolute Gasteiger partial charge is 0.396 e. The molecule has 0 saturated heterocycles. The molecule has 1 aliphatic heterocycles. The first kappa shape index (κ1) is 21.7. The van der Waals surface area contributed by atoms with Gasteiger partial charge in [-0.1, -0.05) is 42.5 Å². The van der Waals surface area contributed by atoms with Crippen molar-refractivity contribution >= 4 is 22.6 Å². The van der Waals surface area contributed by atoms with Crippen molar-refractivity contribution < 1.29 is 14.7 Å². The summed E-state index contributed by atoms with van der Waals surface area (Å²) in [6.45, 7) is 0.912. The third-order valence-corrected chi connectivity index (χ3v) is 5.79. The highest BCUT2D eigenvalue weighted by Gasteiger charge is 2.22. The molecule has 32 heavy (non-hydrogen) atoms. The number of nitrogens with one attached hydrogen (secondary N) is 1. The molecule has 6 nitrogen and oxygen atoms in total. The number of ketones is 1. The summed E-state index contributed by atoms with van der Waals surface area (Å²) in [5, 5.41) is 9.91. The van der Waals surface area contributed by atoms with Crippen LogP contribution in [0.3, 0.4) is 0 Å². The second-order valence-electron chi connectivity index (χ2n) is 8.12. The van der Waals surface area contributed by atoms with Crippen LogP contribution in [0.1, 0.15) is 29.6 Å². The van der Waals surface area contributed by atoms with Crippen molar-refractivity contribution in [3.63, 3.8) is 0 Å². The molecule has 164 valence electrons. The Bertz CT molecular complexity index is 1210. The topological polar surface area (TPSA) is 90.5 Å². The second kappa shape index (κ2) is 9.75. The number of aromatic nitrogens is 1. The summed E-state index contributed by atoms with van der Waals surface area (Å²) in [5.74, 6) is -0.135.